The number of amides is 1. The Morgan fingerprint density at radius 2 is 1.79 bits per heavy atom. The molecule has 1 amide bonds. The number of carbonyl (C=O) groups is 1. The van der Waals surface area contributed by atoms with Gasteiger partial charge in [-0.3, -0.25) is 14.9 Å². The lowest BCUT2D eigenvalue weighted by molar-refractivity contribution is -0.384. The van der Waals surface area contributed by atoms with Crippen molar-refractivity contribution >= 4 is 17.3 Å². The molecule has 0 saturated carbocycles. The van der Waals surface area contributed by atoms with Crippen LogP contribution in [0.15, 0.2) is 42.5 Å². The zero-order chi connectivity index (χ0) is 24.2. The van der Waals surface area contributed by atoms with E-state index in [9.17, 15) is 14.9 Å². The summed E-state index contributed by atoms with van der Waals surface area (Å²) in [5, 5.41) is 14.1. The molecule has 1 unspecified atom stereocenters. The molecule has 33 heavy (non-hydrogen) atoms. The first-order valence-corrected chi connectivity index (χ1v) is 11.8. The van der Waals surface area contributed by atoms with E-state index < -0.39 is 10.8 Å². The van der Waals surface area contributed by atoms with Gasteiger partial charge in [0.1, 0.15) is 11.5 Å². The molecule has 0 bridgehead atoms. The molecule has 0 radical (unpaired) electrons. The molecule has 180 valence electrons. The number of anilines is 1. The van der Waals surface area contributed by atoms with Crippen molar-refractivity contribution < 1.29 is 19.2 Å². The topological polar surface area (TPSA) is 90.7 Å². The molecule has 7 nitrogen and oxygen atoms in total. The van der Waals surface area contributed by atoms with Crippen molar-refractivity contribution in [3.05, 3.63) is 58.1 Å². The van der Waals surface area contributed by atoms with Gasteiger partial charge in [0.05, 0.1) is 23.7 Å². The van der Waals surface area contributed by atoms with Crippen LogP contribution in [0, 0.1) is 22.0 Å². The van der Waals surface area contributed by atoms with Gasteiger partial charge in [0.25, 0.3) is 11.6 Å². The Balaban J connectivity index is 2.11. The molecule has 0 aliphatic carbocycles. The monoisotopic (exact) mass is 456 g/mol. The molecule has 1 atom stereocenters. The molecule has 2 rings (SSSR count). The zero-order valence-electron chi connectivity index (χ0n) is 20.1. The van der Waals surface area contributed by atoms with E-state index in [0.717, 1.165) is 37.9 Å². The van der Waals surface area contributed by atoms with Crippen molar-refractivity contribution in [2.75, 3.05) is 18.5 Å². The molecule has 0 aliphatic rings. The number of nitrogens with one attached hydrogen (secondary N) is 1. The van der Waals surface area contributed by atoms with Crippen molar-refractivity contribution in [3.8, 4) is 11.5 Å². The van der Waals surface area contributed by atoms with Crippen molar-refractivity contribution in [1.82, 2.24) is 0 Å². The molecule has 7 heteroatoms. The third-order valence-corrected chi connectivity index (χ3v) is 5.51. The van der Waals surface area contributed by atoms with E-state index in [-0.39, 0.29) is 11.3 Å². The highest BCUT2D eigenvalue weighted by molar-refractivity contribution is 6.06. The maximum absolute atomic E-state index is 13.0. The quantitative estimate of drug-likeness (QED) is 0.247. The number of hydrogen-bond acceptors (Lipinski definition) is 5. The molecule has 0 aliphatic heterocycles. The highest BCUT2D eigenvalue weighted by Crippen LogP contribution is 2.27. The lowest BCUT2D eigenvalue weighted by atomic mass is 10.0. The van der Waals surface area contributed by atoms with E-state index >= 15 is 0 Å². The molecule has 0 spiro atoms. The molecule has 1 N–H and O–H groups in total. The maximum atomic E-state index is 13.0. The molecule has 0 aromatic heterocycles. The minimum atomic E-state index is -0.514. The minimum Gasteiger partial charge on any atom is -0.494 e. The van der Waals surface area contributed by atoms with E-state index in [1.807, 2.05) is 0 Å². The van der Waals surface area contributed by atoms with Gasteiger partial charge in [0.15, 0.2) is 0 Å². The van der Waals surface area contributed by atoms with Crippen LogP contribution in [0.4, 0.5) is 11.4 Å². The van der Waals surface area contributed by atoms with Gasteiger partial charge in [-0.25, -0.2) is 0 Å². The fourth-order valence-corrected chi connectivity index (χ4v) is 3.29. The van der Waals surface area contributed by atoms with Crippen molar-refractivity contribution in [1.29, 1.82) is 0 Å². The number of nitro groups is 1. The molecular weight excluding hydrogens is 420 g/mol. The van der Waals surface area contributed by atoms with Gasteiger partial charge in [-0.2, -0.15) is 0 Å². The fraction of sp³-hybridized carbons (Fsp3) is 0.500. The molecule has 0 heterocycles. The summed E-state index contributed by atoms with van der Waals surface area (Å²) in [5.41, 5.74) is 0.564. The summed E-state index contributed by atoms with van der Waals surface area (Å²) in [5.74, 6) is 1.56. The molecule has 2 aromatic rings. The second-order valence-electron chi connectivity index (χ2n) is 8.67. The van der Waals surface area contributed by atoms with Crippen LogP contribution in [0.3, 0.4) is 0 Å². The standard InChI is InChI=1S/C26H36N2O5/c1-5-7-8-20(6-2)18-33-25-14-11-22(28(30)31)17-24(25)26(29)27-21-9-12-23(13-10-21)32-16-15-19(3)4/h9-14,17,19-20H,5-8,15-16,18H2,1-4H3,(H,27,29). The Morgan fingerprint density at radius 1 is 1.06 bits per heavy atom. The highest BCUT2D eigenvalue weighted by Gasteiger charge is 2.19. The van der Waals surface area contributed by atoms with Crippen molar-refractivity contribution in [2.45, 2.75) is 59.8 Å². The number of non-ortho nitro benzene ring substituents is 1. The molecular formula is C26H36N2O5. The summed E-state index contributed by atoms with van der Waals surface area (Å²) in [4.78, 5) is 23.7. The lowest BCUT2D eigenvalue weighted by Gasteiger charge is -2.17. The summed E-state index contributed by atoms with van der Waals surface area (Å²) in [6.45, 7) is 9.65. The highest BCUT2D eigenvalue weighted by atomic mass is 16.6. The molecule has 0 saturated heterocycles. The maximum Gasteiger partial charge on any atom is 0.270 e. The first kappa shape index (κ1) is 26.2. The predicted octanol–water partition coefficient (Wildman–Crippen LogP) is 6.87. The Hall–Kier alpha value is -3.09. The van der Waals surface area contributed by atoms with Gasteiger partial charge in [-0.1, -0.05) is 47.0 Å². The van der Waals surface area contributed by atoms with Crippen LogP contribution in [0.1, 0.15) is 70.2 Å². The normalized spacial score (nSPS) is 11.8. The van der Waals surface area contributed by atoms with E-state index in [4.69, 9.17) is 9.47 Å². The Labute approximate surface area is 196 Å². The number of carbonyl (C=O) groups excluding carboxylic acids is 1. The second-order valence-corrected chi connectivity index (χ2v) is 8.67. The number of nitrogens with zero attached hydrogens (tertiary/aromatic N) is 1. The van der Waals surface area contributed by atoms with Crippen LogP contribution in [-0.2, 0) is 0 Å². The van der Waals surface area contributed by atoms with Crippen LogP contribution in [0.5, 0.6) is 11.5 Å². The zero-order valence-corrected chi connectivity index (χ0v) is 20.1. The van der Waals surface area contributed by atoms with Crippen molar-refractivity contribution in [2.24, 2.45) is 11.8 Å². The third-order valence-electron chi connectivity index (χ3n) is 5.51. The van der Waals surface area contributed by atoms with Gasteiger partial charge in [0, 0.05) is 17.8 Å². The van der Waals surface area contributed by atoms with Crippen molar-refractivity contribution in [3.63, 3.8) is 0 Å². The number of unbranched alkanes of at least 4 members (excludes halogenated alkanes) is 1. The second kappa shape index (κ2) is 13.5. The number of nitro benzene ring substituents is 1. The molecule has 0 fully saturated rings. The van der Waals surface area contributed by atoms with E-state index in [1.54, 1.807) is 24.3 Å². The lowest BCUT2D eigenvalue weighted by Crippen LogP contribution is -2.17. The molecule has 2 aromatic carbocycles. The van der Waals surface area contributed by atoms with E-state index in [1.165, 1.54) is 18.2 Å². The summed E-state index contributed by atoms with van der Waals surface area (Å²) in [6, 6.07) is 11.2. The fourth-order valence-electron chi connectivity index (χ4n) is 3.29. The number of hydrogen-bond donors (Lipinski definition) is 1. The first-order valence-electron chi connectivity index (χ1n) is 11.8. The van der Waals surface area contributed by atoms with Gasteiger partial charge in [-0.15, -0.1) is 0 Å². The average Bonchev–Trinajstić information content (AvgIpc) is 2.80. The summed E-state index contributed by atoms with van der Waals surface area (Å²) >= 11 is 0. The van der Waals surface area contributed by atoms with Crippen LogP contribution in [-0.4, -0.2) is 24.0 Å². The number of ether oxygens (including phenoxy) is 2. The number of rotatable bonds is 14. The van der Waals surface area contributed by atoms with Crippen LogP contribution >= 0.6 is 0 Å². The van der Waals surface area contributed by atoms with E-state index in [2.05, 4.69) is 33.0 Å². The number of benzene rings is 2. The predicted molar refractivity (Wildman–Crippen MR) is 131 cm³/mol. The summed E-state index contributed by atoms with van der Waals surface area (Å²) in [6.07, 6.45) is 5.22. The van der Waals surface area contributed by atoms with Gasteiger partial charge in [-0.05, 0) is 55.0 Å². The Kier molecular flexibility index (Phi) is 10.7. The van der Waals surface area contributed by atoms with Gasteiger partial charge >= 0.3 is 0 Å². The Bertz CT molecular complexity index is 896. The smallest absolute Gasteiger partial charge is 0.270 e. The SMILES string of the molecule is CCCCC(CC)COc1ccc([N+](=O)[O-])cc1C(=O)Nc1ccc(OCCC(C)C)cc1. The van der Waals surface area contributed by atoms with Gasteiger partial charge in [0.2, 0.25) is 0 Å². The summed E-state index contributed by atoms with van der Waals surface area (Å²) < 4.78 is 11.7. The van der Waals surface area contributed by atoms with Crippen LogP contribution in [0.25, 0.3) is 0 Å². The van der Waals surface area contributed by atoms with Gasteiger partial charge < -0.3 is 14.8 Å². The third kappa shape index (κ3) is 8.75. The Morgan fingerprint density at radius 3 is 2.39 bits per heavy atom. The first-order chi connectivity index (χ1) is 15.8. The van der Waals surface area contributed by atoms with Crippen LogP contribution in [0.2, 0.25) is 0 Å². The summed E-state index contributed by atoms with van der Waals surface area (Å²) in [7, 11) is 0. The largest absolute Gasteiger partial charge is 0.494 e. The minimum absolute atomic E-state index is 0.145. The van der Waals surface area contributed by atoms with E-state index in [0.29, 0.717) is 36.5 Å². The van der Waals surface area contributed by atoms with Crippen LogP contribution < -0.4 is 14.8 Å². The average molecular weight is 457 g/mol.